The van der Waals surface area contributed by atoms with Crippen LogP contribution in [-0.4, -0.2) is 71.6 Å². The first kappa shape index (κ1) is 15.8. The lowest BCUT2D eigenvalue weighted by Crippen LogP contribution is -2.53. The van der Waals surface area contributed by atoms with Gasteiger partial charge in [-0.3, -0.25) is 9.80 Å². The molecule has 0 spiro atoms. The van der Waals surface area contributed by atoms with Gasteiger partial charge in [-0.25, -0.2) is 0 Å². The average Bonchev–Trinajstić information content (AvgIpc) is 2.82. The summed E-state index contributed by atoms with van der Waals surface area (Å²) in [6.45, 7) is 23.2. The summed E-state index contributed by atoms with van der Waals surface area (Å²) in [6.07, 6.45) is 0. The molecule has 0 aromatic carbocycles. The minimum atomic E-state index is 0.343. The van der Waals surface area contributed by atoms with Gasteiger partial charge in [0.2, 0.25) is 0 Å². The highest BCUT2D eigenvalue weighted by atomic mass is 15.3. The fourth-order valence-electron chi connectivity index (χ4n) is 4.37. The summed E-state index contributed by atoms with van der Waals surface area (Å²) in [5, 5.41) is 0. The van der Waals surface area contributed by atoms with Gasteiger partial charge in [-0.2, -0.15) is 0 Å². The summed E-state index contributed by atoms with van der Waals surface area (Å²) in [4.78, 5) is 8.06. The molecule has 3 rings (SSSR count). The van der Waals surface area contributed by atoms with Crippen LogP contribution >= 0.6 is 0 Å². The molecule has 1 aliphatic carbocycles. The van der Waals surface area contributed by atoms with E-state index in [-0.39, 0.29) is 0 Å². The number of piperazine rings is 1. The molecule has 2 saturated heterocycles. The first-order valence-electron chi connectivity index (χ1n) is 8.89. The van der Waals surface area contributed by atoms with E-state index in [1.807, 2.05) is 0 Å². The normalized spacial score (nSPS) is 36.0. The van der Waals surface area contributed by atoms with Crippen molar-refractivity contribution < 1.29 is 0 Å². The fraction of sp³-hybridized carbons (Fsp3) is 1.00. The van der Waals surface area contributed by atoms with Crippen LogP contribution in [0.4, 0.5) is 0 Å². The van der Waals surface area contributed by atoms with Gasteiger partial charge in [-0.15, -0.1) is 0 Å². The highest BCUT2D eigenvalue weighted by Crippen LogP contribution is 2.53. The summed E-state index contributed by atoms with van der Waals surface area (Å²) < 4.78 is 0. The van der Waals surface area contributed by atoms with Crippen molar-refractivity contribution in [1.29, 1.82) is 0 Å². The van der Waals surface area contributed by atoms with Crippen LogP contribution in [0.2, 0.25) is 0 Å². The molecule has 21 heavy (non-hydrogen) atoms. The van der Waals surface area contributed by atoms with E-state index in [1.54, 1.807) is 0 Å². The highest BCUT2D eigenvalue weighted by molar-refractivity contribution is 5.08. The van der Waals surface area contributed by atoms with E-state index in [2.05, 4.69) is 56.2 Å². The van der Waals surface area contributed by atoms with Gasteiger partial charge < -0.3 is 4.90 Å². The Balaban J connectivity index is 1.42. The van der Waals surface area contributed by atoms with E-state index in [1.165, 1.54) is 45.8 Å². The molecule has 2 heterocycles. The minimum Gasteiger partial charge on any atom is -0.300 e. The second kappa shape index (κ2) is 5.21. The van der Waals surface area contributed by atoms with Gasteiger partial charge in [0, 0.05) is 56.9 Å². The number of fused-ring (bicyclic) bond motifs is 1. The molecule has 3 atom stereocenters. The fourth-order valence-corrected chi connectivity index (χ4v) is 4.37. The second-order valence-corrected chi connectivity index (χ2v) is 9.53. The predicted octanol–water partition coefficient (Wildman–Crippen LogP) is 2.38. The molecule has 122 valence electrons. The lowest BCUT2D eigenvalue weighted by atomic mass is 10.0. The topological polar surface area (TPSA) is 9.72 Å². The van der Waals surface area contributed by atoms with Gasteiger partial charge in [0.25, 0.3) is 0 Å². The van der Waals surface area contributed by atoms with E-state index < -0.39 is 0 Å². The van der Waals surface area contributed by atoms with Gasteiger partial charge in [0.05, 0.1) is 0 Å². The molecule has 1 unspecified atom stereocenters. The van der Waals surface area contributed by atoms with Crippen molar-refractivity contribution in [3.05, 3.63) is 0 Å². The van der Waals surface area contributed by atoms with Crippen LogP contribution in [0.5, 0.6) is 0 Å². The Morgan fingerprint density at radius 3 is 1.62 bits per heavy atom. The molecular formula is C18H35N3. The minimum absolute atomic E-state index is 0.343. The number of rotatable bonds is 2. The summed E-state index contributed by atoms with van der Waals surface area (Å²) >= 11 is 0. The van der Waals surface area contributed by atoms with Gasteiger partial charge in [0.1, 0.15) is 0 Å². The molecule has 3 nitrogen and oxygen atoms in total. The van der Waals surface area contributed by atoms with Gasteiger partial charge in [-0.1, -0.05) is 0 Å². The zero-order valence-electron chi connectivity index (χ0n) is 15.0. The Morgan fingerprint density at radius 2 is 1.19 bits per heavy atom. The van der Waals surface area contributed by atoms with Crippen LogP contribution in [0.1, 0.15) is 41.5 Å². The number of hydrogen-bond acceptors (Lipinski definition) is 3. The van der Waals surface area contributed by atoms with Crippen molar-refractivity contribution in [2.75, 3.05) is 45.8 Å². The monoisotopic (exact) mass is 293 g/mol. The molecule has 3 fully saturated rings. The Bertz CT molecular complexity index is 347. The summed E-state index contributed by atoms with van der Waals surface area (Å²) in [6, 6.07) is 0. The quantitative estimate of drug-likeness (QED) is 0.774. The zero-order chi connectivity index (χ0) is 15.4. The highest BCUT2D eigenvalue weighted by Gasteiger charge is 2.57. The van der Waals surface area contributed by atoms with Crippen LogP contribution in [-0.2, 0) is 0 Å². The van der Waals surface area contributed by atoms with Crippen molar-refractivity contribution in [1.82, 2.24) is 14.7 Å². The summed E-state index contributed by atoms with van der Waals surface area (Å²) in [5.74, 6) is 3.01. The second-order valence-electron chi connectivity index (χ2n) is 9.53. The molecule has 2 aliphatic heterocycles. The number of likely N-dealkylation sites (tertiary alicyclic amines) is 1. The van der Waals surface area contributed by atoms with Crippen molar-refractivity contribution >= 4 is 0 Å². The largest absolute Gasteiger partial charge is 0.300 e. The number of nitrogens with zero attached hydrogens (tertiary/aromatic N) is 3. The standard InChI is InChI=1S/C18H35N3/c1-17(2,3)20-9-7-19(8-10-20)11-14-15-12-21(13-16(14)15)18(4,5)6/h14-16H,7-13H2,1-6H3/t14?,15-,16+. The maximum absolute atomic E-state index is 2.73. The van der Waals surface area contributed by atoms with E-state index >= 15 is 0 Å². The van der Waals surface area contributed by atoms with Crippen molar-refractivity contribution in [2.45, 2.75) is 52.6 Å². The molecule has 3 heteroatoms. The SMILES string of the molecule is CC(C)(C)N1CCN(CC2[C@H]3CN(C(C)(C)C)C[C@@H]23)CC1. The molecular weight excluding hydrogens is 258 g/mol. The molecule has 0 radical (unpaired) electrons. The molecule has 0 amide bonds. The van der Waals surface area contributed by atoms with E-state index in [0.29, 0.717) is 11.1 Å². The molecule has 0 aromatic heterocycles. The molecule has 3 aliphatic rings. The van der Waals surface area contributed by atoms with Crippen LogP contribution in [0.25, 0.3) is 0 Å². The zero-order valence-corrected chi connectivity index (χ0v) is 15.0. The van der Waals surface area contributed by atoms with Crippen LogP contribution < -0.4 is 0 Å². The Morgan fingerprint density at radius 1 is 0.714 bits per heavy atom. The lowest BCUT2D eigenvalue weighted by molar-refractivity contribution is 0.0562. The maximum atomic E-state index is 2.73. The van der Waals surface area contributed by atoms with Crippen molar-refractivity contribution in [2.24, 2.45) is 17.8 Å². The molecule has 0 N–H and O–H groups in total. The van der Waals surface area contributed by atoms with E-state index in [0.717, 1.165) is 17.8 Å². The maximum Gasteiger partial charge on any atom is 0.0126 e. The first-order chi connectivity index (χ1) is 9.66. The lowest BCUT2D eigenvalue weighted by Gasteiger charge is -2.42. The molecule has 0 bridgehead atoms. The first-order valence-corrected chi connectivity index (χ1v) is 8.89. The third-order valence-electron chi connectivity index (χ3n) is 6.11. The third-order valence-corrected chi connectivity index (χ3v) is 6.11. The van der Waals surface area contributed by atoms with Crippen LogP contribution in [0, 0.1) is 17.8 Å². The smallest absolute Gasteiger partial charge is 0.0126 e. The predicted molar refractivity (Wildman–Crippen MR) is 89.6 cm³/mol. The molecule has 0 aromatic rings. The van der Waals surface area contributed by atoms with Gasteiger partial charge in [-0.05, 0) is 59.3 Å². The van der Waals surface area contributed by atoms with E-state index in [4.69, 9.17) is 0 Å². The average molecular weight is 293 g/mol. The van der Waals surface area contributed by atoms with E-state index in [9.17, 15) is 0 Å². The van der Waals surface area contributed by atoms with Gasteiger partial charge >= 0.3 is 0 Å². The van der Waals surface area contributed by atoms with Crippen molar-refractivity contribution in [3.8, 4) is 0 Å². The number of piperidine rings is 1. The summed E-state index contributed by atoms with van der Waals surface area (Å²) in [5.41, 5.74) is 0.714. The third kappa shape index (κ3) is 3.30. The van der Waals surface area contributed by atoms with Crippen molar-refractivity contribution in [3.63, 3.8) is 0 Å². The van der Waals surface area contributed by atoms with Gasteiger partial charge in [0.15, 0.2) is 0 Å². The Labute approximate surface area is 131 Å². The number of hydrogen-bond donors (Lipinski definition) is 0. The van der Waals surface area contributed by atoms with Crippen LogP contribution in [0.3, 0.4) is 0 Å². The Kier molecular flexibility index (Phi) is 3.91. The Hall–Kier alpha value is -0.120. The molecule has 1 saturated carbocycles. The van der Waals surface area contributed by atoms with Crippen LogP contribution in [0.15, 0.2) is 0 Å². The summed E-state index contributed by atoms with van der Waals surface area (Å²) in [7, 11) is 0.